The first-order valence-electron chi connectivity index (χ1n) is 16.3. The molecule has 5 heterocycles. The van der Waals surface area contributed by atoms with Crippen molar-refractivity contribution in [2.45, 2.75) is 63.7 Å². The number of ether oxygens (including phenoxy) is 1. The number of carbonyl (C=O) groups is 2. The average Bonchev–Trinajstić information content (AvgIpc) is 3.50. The Morgan fingerprint density at radius 1 is 1.00 bits per heavy atom. The molecule has 50 heavy (non-hydrogen) atoms. The molecule has 3 saturated carbocycles. The quantitative estimate of drug-likeness (QED) is 0.324. The van der Waals surface area contributed by atoms with Gasteiger partial charge in [0.1, 0.15) is 18.6 Å². The number of morpholine rings is 1. The molecule has 0 spiro atoms. The van der Waals surface area contributed by atoms with E-state index in [-0.39, 0.29) is 67.2 Å². The maximum Gasteiger partial charge on any atom is 0.453 e. The van der Waals surface area contributed by atoms with Gasteiger partial charge >= 0.3 is 12.1 Å². The number of hydrogen-bond donors (Lipinski definition) is 2. The van der Waals surface area contributed by atoms with E-state index in [1.165, 1.54) is 15.8 Å². The van der Waals surface area contributed by atoms with Crippen molar-refractivity contribution >= 4 is 29.2 Å². The molecule has 2 aliphatic heterocycles. The Bertz CT molecular complexity index is 1900. The van der Waals surface area contributed by atoms with Gasteiger partial charge in [-0.25, -0.2) is 9.97 Å². The Balaban J connectivity index is 1.17. The molecule has 2 amide bonds. The first-order valence-corrected chi connectivity index (χ1v) is 16.3. The summed E-state index contributed by atoms with van der Waals surface area (Å²) in [4.78, 5) is 58.4. The average molecular weight is 711 g/mol. The number of piperazine rings is 1. The van der Waals surface area contributed by atoms with Crippen LogP contribution in [0.25, 0.3) is 5.78 Å². The zero-order valence-corrected chi connectivity index (χ0v) is 27.3. The van der Waals surface area contributed by atoms with E-state index in [0.717, 1.165) is 4.52 Å². The number of halogens is 5. The fourth-order valence-electron chi connectivity index (χ4n) is 7.76. The summed E-state index contributed by atoms with van der Waals surface area (Å²) < 4.78 is 75.7. The van der Waals surface area contributed by atoms with E-state index in [1.54, 1.807) is 18.7 Å². The van der Waals surface area contributed by atoms with Gasteiger partial charge in [0.2, 0.25) is 17.6 Å². The standard InChI is InChI=1S/C30H35F5N10O5/c1-3-18-21(41-4-6-42(7-5-41)23(48)20-22(47)17(2)36-16-37-20)24(49)45-26(38-25(40-45)43-8-10-50-11-9-43)44(18)12-19(46)39-28-13-27(14-28,15-28)29(31,32)30(33,34)35/h16,47H,3-15H2,1-2H3,(H,39,46). The van der Waals surface area contributed by atoms with Crippen LogP contribution in [0.5, 0.6) is 5.75 Å². The third-order valence-corrected chi connectivity index (χ3v) is 10.3. The summed E-state index contributed by atoms with van der Waals surface area (Å²) in [6.07, 6.45) is -5.72. The molecular formula is C30H35F5N10O5. The van der Waals surface area contributed by atoms with Gasteiger partial charge in [0.05, 0.1) is 30.0 Å². The lowest BCUT2D eigenvalue weighted by Gasteiger charge is -2.72. The molecule has 0 aromatic carbocycles. The number of alkyl halides is 5. The number of anilines is 2. The first kappa shape index (κ1) is 33.9. The van der Waals surface area contributed by atoms with Crippen molar-refractivity contribution in [2.75, 3.05) is 62.3 Å². The molecule has 5 fully saturated rings. The number of nitrogens with one attached hydrogen (secondary N) is 1. The van der Waals surface area contributed by atoms with E-state index >= 15 is 0 Å². The number of aromatic nitrogens is 6. The van der Waals surface area contributed by atoms with Gasteiger partial charge in [-0.2, -0.15) is 31.5 Å². The summed E-state index contributed by atoms with van der Waals surface area (Å²) in [5.41, 5.74) is -3.11. The van der Waals surface area contributed by atoms with Gasteiger partial charge in [-0.05, 0) is 32.6 Å². The van der Waals surface area contributed by atoms with Gasteiger partial charge in [-0.3, -0.25) is 14.4 Å². The number of carbonyl (C=O) groups excluding carboxylic acids is 2. The third kappa shape index (κ3) is 5.20. The van der Waals surface area contributed by atoms with Crippen molar-refractivity contribution in [2.24, 2.45) is 5.41 Å². The highest BCUT2D eigenvalue weighted by Gasteiger charge is 2.84. The van der Waals surface area contributed by atoms with Gasteiger partial charge < -0.3 is 34.4 Å². The summed E-state index contributed by atoms with van der Waals surface area (Å²) in [7, 11) is 0. The molecule has 0 atom stereocenters. The number of nitrogens with zero attached hydrogens (tertiary/aromatic N) is 9. The van der Waals surface area contributed by atoms with Crippen LogP contribution in [0.2, 0.25) is 0 Å². The molecule has 0 radical (unpaired) electrons. The molecule has 2 N–H and O–H groups in total. The van der Waals surface area contributed by atoms with E-state index in [2.05, 4.69) is 25.4 Å². The maximum atomic E-state index is 14.2. The molecule has 270 valence electrons. The Morgan fingerprint density at radius 3 is 2.28 bits per heavy atom. The highest BCUT2D eigenvalue weighted by molar-refractivity contribution is 5.95. The van der Waals surface area contributed by atoms with E-state index < -0.39 is 66.2 Å². The van der Waals surface area contributed by atoms with E-state index in [0.29, 0.717) is 32.0 Å². The fourth-order valence-corrected chi connectivity index (χ4v) is 7.76. The number of aryl methyl sites for hydroxylation is 1. The van der Waals surface area contributed by atoms with Gasteiger partial charge in [0.25, 0.3) is 11.5 Å². The predicted molar refractivity (Wildman–Crippen MR) is 164 cm³/mol. The van der Waals surface area contributed by atoms with Crippen molar-refractivity contribution in [1.29, 1.82) is 0 Å². The largest absolute Gasteiger partial charge is 0.504 e. The number of aromatic hydroxyl groups is 1. The van der Waals surface area contributed by atoms with E-state index in [1.807, 2.05) is 4.90 Å². The lowest BCUT2D eigenvalue weighted by molar-refractivity contribution is -0.387. The third-order valence-electron chi connectivity index (χ3n) is 10.3. The molecule has 15 nitrogen and oxygen atoms in total. The zero-order chi connectivity index (χ0) is 35.8. The van der Waals surface area contributed by atoms with Gasteiger partial charge in [-0.1, -0.05) is 6.92 Å². The smallest absolute Gasteiger partial charge is 0.453 e. The molecule has 2 saturated heterocycles. The molecule has 2 bridgehead atoms. The normalized spacial score (nSPS) is 23.9. The molecule has 8 rings (SSSR count). The highest BCUT2D eigenvalue weighted by Crippen LogP contribution is 2.75. The Morgan fingerprint density at radius 2 is 1.66 bits per heavy atom. The molecule has 20 heteroatoms. The summed E-state index contributed by atoms with van der Waals surface area (Å²) >= 11 is 0. The van der Waals surface area contributed by atoms with Crippen molar-refractivity contribution in [1.82, 2.24) is 39.3 Å². The lowest BCUT2D eigenvalue weighted by atomic mass is 9.37. The van der Waals surface area contributed by atoms with Crippen LogP contribution in [0.15, 0.2) is 11.1 Å². The van der Waals surface area contributed by atoms with Crippen LogP contribution < -0.4 is 20.7 Å². The predicted octanol–water partition coefficient (Wildman–Crippen LogP) is 1.29. The number of fused-ring (bicyclic) bond motifs is 1. The minimum Gasteiger partial charge on any atom is -0.504 e. The van der Waals surface area contributed by atoms with Crippen LogP contribution in [0.1, 0.15) is 48.1 Å². The van der Waals surface area contributed by atoms with Crippen molar-refractivity contribution in [3.05, 3.63) is 33.8 Å². The second-order valence-corrected chi connectivity index (χ2v) is 13.4. The van der Waals surface area contributed by atoms with Crippen LogP contribution in [-0.2, 0) is 22.5 Å². The van der Waals surface area contributed by atoms with Crippen LogP contribution in [0.3, 0.4) is 0 Å². The van der Waals surface area contributed by atoms with Crippen molar-refractivity contribution in [3.63, 3.8) is 0 Å². The minimum atomic E-state index is -5.68. The summed E-state index contributed by atoms with van der Waals surface area (Å²) in [6, 6.07) is 0. The second kappa shape index (κ2) is 11.7. The molecule has 3 aromatic rings. The lowest BCUT2D eigenvalue weighted by Crippen LogP contribution is -2.81. The highest BCUT2D eigenvalue weighted by atomic mass is 19.4. The van der Waals surface area contributed by atoms with Gasteiger partial charge in [-0.15, -0.1) is 5.10 Å². The summed E-state index contributed by atoms with van der Waals surface area (Å²) in [5.74, 6) is -6.00. The SMILES string of the molecule is CCc1c(N2CCN(C(=O)c3ncnc(C)c3O)CC2)c(=O)n2nc(N3CCOCC3)nc2n1CC(=O)NC12CC(C(F)(F)C(F)(F)F)(C1)C2. The maximum absolute atomic E-state index is 14.2. The van der Waals surface area contributed by atoms with Gasteiger partial charge in [0, 0.05) is 44.8 Å². The second-order valence-electron chi connectivity index (χ2n) is 13.4. The molecule has 0 unspecified atom stereocenters. The Kier molecular flexibility index (Phi) is 7.94. The van der Waals surface area contributed by atoms with Crippen LogP contribution in [0, 0.1) is 12.3 Å². The monoisotopic (exact) mass is 710 g/mol. The summed E-state index contributed by atoms with van der Waals surface area (Å²) in [6.45, 7) is 5.44. The van der Waals surface area contributed by atoms with Crippen molar-refractivity contribution < 1.29 is 41.4 Å². The van der Waals surface area contributed by atoms with Crippen LogP contribution in [0.4, 0.5) is 33.6 Å². The molecule has 3 aromatic heterocycles. The number of rotatable bonds is 8. The van der Waals surface area contributed by atoms with E-state index in [9.17, 15) is 41.4 Å². The molecule has 3 aliphatic carbocycles. The fraction of sp³-hybridized carbons (Fsp3) is 0.633. The Labute approximate surface area is 281 Å². The molecule has 5 aliphatic rings. The number of hydrogen-bond acceptors (Lipinski definition) is 11. The van der Waals surface area contributed by atoms with Crippen molar-refractivity contribution in [3.8, 4) is 5.75 Å². The zero-order valence-electron chi connectivity index (χ0n) is 27.3. The number of amides is 2. The van der Waals surface area contributed by atoms with E-state index in [4.69, 9.17) is 4.74 Å². The first-order chi connectivity index (χ1) is 23.6. The Hall–Kier alpha value is -4.62. The summed E-state index contributed by atoms with van der Waals surface area (Å²) in [5, 5.41) is 17.5. The van der Waals surface area contributed by atoms with Crippen LogP contribution >= 0.6 is 0 Å². The van der Waals surface area contributed by atoms with Gasteiger partial charge in [0.15, 0.2) is 11.4 Å². The topological polar surface area (TPSA) is 163 Å². The van der Waals surface area contributed by atoms with Crippen LogP contribution in [-0.4, -0.2) is 121 Å². The minimum absolute atomic E-state index is 0.0633. The molecular weight excluding hydrogens is 675 g/mol.